The second-order valence-corrected chi connectivity index (χ2v) is 6.07. The van der Waals surface area contributed by atoms with Crippen molar-refractivity contribution in [2.75, 3.05) is 23.3 Å². The van der Waals surface area contributed by atoms with Crippen molar-refractivity contribution in [2.24, 2.45) is 0 Å². The van der Waals surface area contributed by atoms with Crippen LogP contribution in [0.4, 0.5) is 11.4 Å². The van der Waals surface area contributed by atoms with Crippen molar-refractivity contribution in [1.82, 2.24) is 5.32 Å². The van der Waals surface area contributed by atoms with E-state index in [1.165, 1.54) is 0 Å². The number of rotatable bonds is 7. The van der Waals surface area contributed by atoms with Crippen LogP contribution >= 0.6 is 0 Å². The van der Waals surface area contributed by atoms with Gasteiger partial charge >= 0.3 is 0 Å². The largest absolute Gasteiger partial charge is 0.362 e. The van der Waals surface area contributed by atoms with Gasteiger partial charge in [-0.1, -0.05) is 30.3 Å². The minimum atomic E-state index is -0.193. The summed E-state index contributed by atoms with van der Waals surface area (Å²) in [6, 6.07) is 16.9. The Hall–Kier alpha value is -2.82. The predicted octanol–water partition coefficient (Wildman–Crippen LogP) is 3.29. The highest BCUT2D eigenvalue weighted by molar-refractivity contribution is 6.04. The molecule has 0 aliphatic carbocycles. The van der Waals surface area contributed by atoms with Crippen molar-refractivity contribution in [2.45, 2.75) is 26.8 Å². The molecule has 0 spiro atoms. The van der Waals surface area contributed by atoms with Gasteiger partial charge in [-0.2, -0.15) is 0 Å². The maximum atomic E-state index is 12.5. The second-order valence-electron chi connectivity index (χ2n) is 6.07. The molecule has 0 saturated carbocycles. The van der Waals surface area contributed by atoms with E-state index in [0.717, 1.165) is 5.69 Å². The maximum absolute atomic E-state index is 12.5. The van der Waals surface area contributed by atoms with Crippen LogP contribution < -0.4 is 15.5 Å². The van der Waals surface area contributed by atoms with E-state index in [-0.39, 0.29) is 24.4 Å². The molecule has 0 atom stereocenters. The molecule has 0 radical (unpaired) electrons. The minimum Gasteiger partial charge on any atom is -0.362 e. The molecule has 0 aromatic heterocycles. The van der Waals surface area contributed by atoms with Crippen LogP contribution in [0.3, 0.4) is 0 Å². The van der Waals surface area contributed by atoms with E-state index in [1.807, 2.05) is 56.0 Å². The Labute approximate surface area is 149 Å². The van der Waals surface area contributed by atoms with Crippen LogP contribution in [0.5, 0.6) is 0 Å². The zero-order valence-corrected chi connectivity index (χ0v) is 15.0. The topological polar surface area (TPSA) is 61.4 Å². The Kier molecular flexibility index (Phi) is 6.57. The molecule has 2 aromatic rings. The minimum absolute atomic E-state index is 0.0323. The third-order valence-electron chi connectivity index (χ3n) is 3.70. The second kappa shape index (κ2) is 8.87. The molecule has 0 aliphatic heterocycles. The summed E-state index contributed by atoms with van der Waals surface area (Å²) >= 11 is 0. The van der Waals surface area contributed by atoms with Crippen molar-refractivity contribution in [3.8, 4) is 0 Å². The number of nitrogens with one attached hydrogen (secondary N) is 2. The van der Waals surface area contributed by atoms with Gasteiger partial charge < -0.3 is 15.5 Å². The average molecular weight is 339 g/mol. The molecular formula is C20H25N3O2. The third kappa shape index (κ3) is 5.35. The number of carbonyl (C=O) groups excluding carboxylic acids is 2. The van der Waals surface area contributed by atoms with Gasteiger partial charge in [0.1, 0.15) is 0 Å². The SMILES string of the molecule is CCN(CC(=O)Nc1ccccc1C(=O)NC(C)C)c1ccccc1. The fourth-order valence-electron chi connectivity index (χ4n) is 2.52. The number of benzene rings is 2. The molecule has 2 rings (SSSR count). The summed E-state index contributed by atoms with van der Waals surface area (Å²) in [5.41, 5.74) is 1.98. The molecule has 0 fully saturated rings. The lowest BCUT2D eigenvalue weighted by Crippen LogP contribution is -2.34. The summed E-state index contributed by atoms with van der Waals surface area (Å²) in [6.45, 7) is 6.74. The number of anilines is 2. The molecule has 132 valence electrons. The van der Waals surface area contributed by atoms with Crippen molar-refractivity contribution in [3.05, 3.63) is 60.2 Å². The Balaban J connectivity index is 2.09. The fraction of sp³-hybridized carbons (Fsp3) is 0.300. The van der Waals surface area contributed by atoms with Gasteiger partial charge in [-0.15, -0.1) is 0 Å². The fourth-order valence-corrected chi connectivity index (χ4v) is 2.52. The highest BCUT2D eigenvalue weighted by atomic mass is 16.2. The molecule has 2 amide bonds. The normalized spacial score (nSPS) is 10.4. The number of para-hydroxylation sites is 2. The van der Waals surface area contributed by atoms with Crippen LogP contribution in [0.1, 0.15) is 31.1 Å². The van der Waals surface area contributed by atoms with E-state index in [1.54, 1.807) is 24.3 Å². The quantitative estimate of drug-likeness (QED) is 0.814. The zero-order valence-electron chi connectivity index (χ0n) is 15.0. The van der Waals surface area contributed by atoms with Crippen LogP contribution in [0.25, 0.3) is 0 Å². The summed E-state index contributed by atoms with van der Waals surface area (Å²) in [4.78, 5) is 26.7. The van der Waals surface area contributed by atoms with E-state index in [0.29, 0.717) is 17.8 Å². The molecule has 5 nitrogen and oxygen atoms in total. The molecule has 2 aromatic carbocycles. The summed E-state index contributed by atoms with van der Waals surface area (Å²) in [5, 5.41) is 5.71. The van der Waals surface area contributed by atoms with E-state index >= 15 is 0 Å². The van der Waals surface area contributed by atoms with Gasteiger partial charge in [0.2, 0.25) is 5.91 Å². The highest BCUT2D eigenvalue weighted by Gasteiger charge is 2.15. The van der Waals surface area contributed by atoms with Gasteiger partial charge in [-0.25, -0.2) is 0 Å². The van der Waals surface area contributed by atoms with Crippen molar-refractivity contribution >= 4 is 23.2 Å². The number of nitrogens with zero attached hydrogens (tertiary/aromatic N) is 1. The van der Waals surface area contributed by atoms with Gasteiger partial charge in [0.05, 0.1) is 17.8 Å². The van der Waals surface area contributed by atoms with Crippen molar-refractivity contribution in [1.29, 1.82) is 0 Å². The Morgan fingerprint density at radius 1 is 1.00 bits per heavy atom. The molecule has 0 bridgehead atoms. The molecule has 2 N–H and O–H groups in total. The molecular weight excluding hydrogens is 314 g/mol. The number of carbonyl (C=O) groups is 2. The molecule has 25 heavy (non-hydrogen) atoms. The number of likely N-dealkylation sites (N-methyl/N-ethyl adjacent to an activating group) is 1. The first-order chi connectivity index (χ1) is 12.0. The van der Waals surface area contributed by atoms with Crippen LogP contribution in [0.15, 0.2) is 54.6 Å². The number of hydrogen-bond acceptors (Lipinski definition) is 3. The molecule has 5 heteroatoms. The summed E-state index contributed by atoms with van der Waals surface area (Å²) in [7, 11) is 0. The first kappa shape index (κ1) is 18.5. The lowest BCUT2D eigenvalue weighted by atomic mass is 10.1. The number of hydrogen-bond donors (Lipinski definition) is 2. The molecule has 0 aliphatic rings. The molecule has 0 unspecified atom stereocenters. The van der Waals surface area contributed by atoms with Gasteiger partial charge in [0.15, 0.2) is 0 Å². The first-order valence-corrected chi connectivity index (χ1v) is 8.51. The van der Waals surface area contributed by atoms with E-state index < -0.39 is 0 Å². The van der Waals surface area contributed by atoms with Gasteiger partial charge in [-0.05, 0) is 45.0 Å². The Morgan fingerprint density at radius 2 is 1.64 bits per heavy atom. The Bertz CT molecular complexity index is 714. The first-order valence-electron chi connectivity index (χ1n) is 8.51. The van der Waals surface area contributed by atoms with E-state index in [4.69, 9.17) is 0 Å². The average Bonchev–Trinajstić information content (AvgIpc) is 2.60. The maximum Gasteiger partial charge on any atom is 0.253 e. The standard InChI is InChI=1S/C20H25N3O2/c1-4-23(16-10-6-5-7-11-16)14-19(24)22-18-13-9-8-12-17(18)20(25)21-15(2)3/h5-13,15H,4,14H2,1-3H3,(H,21,25)(H,22,24). The molecule has 0 heterocycles. The zero-order chi connectivity index (χ0) is 18.2. The molecule has 0 saturated heterocycles. The van der Waals surface area contributed by atoms with Crippen LogP contribution in [0, 0.1) is 0 Å². The lowest BCUT2D eigenvalue weighted by Gasteiger charge is -2.22. The van der Waals surface area contributed by atoms with Gasteiger partial charge in [-0.3, -0.25) is 9.59 Å². The van der Waals surface area contributed by atoms with Crippen molar-refractivity contribution in [3.63, 3.8) is 0 Å². The Morgan fingerprint density at radius 3 is 2.28 bits per heavy atom. The summed E-state index contributed by atoms with van der Waals surface area (Å²) < 4.78 is 0. The van der Waals surface area contributed by atoms with Crippen LogP contribution in [0.2, 0.25) is 0 Å². The monoisotopic (exact) mass is 339 g/mol. The van der Waals surface area contributed by atoms with Crippen molar-refractivity contribution < 1.29 is 9.59 Å². The van der Waals surface area contributed by atoms with Crippen LogP contribution in [-0.2, 0) is 4.79 Å². The smallest absolute Gasteiger partial charge is 0.253 e. The highest BCUT2D eigenvalue weighted by Crippen LogP contribution is 2.16. The number of amides is 2. The van der Waals surface area contributed by atoms with E-state index in [9.17, 15) is 9.59 Å². The third-order valence-corrected chi connectivity index (χ3v) is 3.70. The lowest BCUT2D eigenvalue weighted by molar-refractivity contribution is -0.115. The summed E-state index contributed by atoms with van der Waals surface area (Å²) in [5.74, 6) is -0.350. The predicted molar refractivity (Wildman–Crippen MR) is 102 cm³/mol. The van der Waals surface area contributed by atoms with E-state index in [2.05, 4.69) is 10.6 Å². The van der Waals surface area contributed by atoms with Crippen LogP contribution in [-0.4, -0.2) is 30.9 Å². The van der Waals surface area contributed by atoms with Gasteiger partial charge in [0.25, 0.3) is 5.91 Å². The summed E-state index contributed by atoms with van der Waals surface area (Å²) in [6.07, 6.45) is 0. The van der Waals surface area contributed by atoms with Gasteiger partial charge in [0, 0.05) is 18.3 Å².